The standard InChI is InChI=1S/C28H18N6S/c1-13-31-23-9-20-17-5-3-16(8-25(17)35-26(20)10-24(23)32-13)15-4-6-18-19(7-15)21-11-29-30-12-22(21)28-27(18)33-14(2)34-28/h3-12,29H,1-2H3,(H,31,32). The van der Waals surface area contributed by atoms with Crippen LogP contribution in [0.4, 0.5) is 0 Å². The van der Waals surface area contributed by atoms with E-state index in [9.17, 15) is 0 Å². The van der Waals surface area contributed by atoms with Gasteiger partial charge < -0.3 is 4.98 Å². The lowest BCUT2D eigenvalue weighted by atomic mass is 9.96. The van der Waals surface area contributed by atoms with Crippen LogP contribution in [0.5, 0.6) is 0 Å². The minimum atomic E-state index is 0.781. The lowest BCUT2D eigenvalue weighted by molar-refractivity contribution is 1.05. The fourth-order valence-electron chi connectivity index (χ4n) is 5.33. The summed E-state index contributed by atoms with van der Waals surface area (Å²) in [5.41, 5.74) is 6.32. The average molecular weight is 471 g/mol. The third-order valence-corrected chi connectivity index (χ3v) is 8.00. The van der Waals surface area contributed by atoms with Crippen molar-refractivity contribution in [1.82, 2.24) is 30.1 Å². The predicted molar refractivity (Wildman–Crippen MR) is 144 cm³/mol. The van der Waals surface area contributed by atoms with Crippen molar-refractivity contribution < 1.29 is 0 Å². The van der Waals surface area contributed by atoms with E-state index in [-0.39, 0.29) is 0 Å². The number of H-pyrrole nitrogens is 2. The fourth-order valence-corrected chi connectivity index (χ4v) is 6.49. The number of thiophene rings is 1. The number of aromatic nitrogens is 6. The topological polar surface area (TPSA) is 83.1 Å². The van der Waals surface area contributed by atoms with Gasteiger partial charge in [-0.1, -0.05) is 24.3 Å². The summed E-state index contributed by atoms with van der Waals surface area (Å²) in [6.45, 7) is 3.93. The molecule has 166 valence electrons. The molecule has 0 spiro atoms. The Balaban J connectivity index is 1.37. The highest BCUT2D eigenvalue weighted by Gasteiger charge is 2.15. The highest BCUT2D eigenvalue weighted by molar-refractivity contribution is 7.25. The quantitative estimate of drug-likeness (QED) is 0.249. The van der Waals surface area contributed by atoms with E-state index in [1.807, 2.05) is 37.6 Å². The maximum Gasteiger partial charge on any atom is 0.126 e. The van der Waals surface area contributed by atoms with Crippen LogP contribution in [0.15, 0.2) is 60.9 Å². The Kier molecular flexibility index (Phi) is 3.59. The van der Waals surface area contributed by atoms with Gasteiger partial charge >= 0.3 is 0 Å². The molecule has 4 aromatic carbocycles. The van der Waals surface area contributed by atoms with E-state index >= 15 is 0 Å². The van der Waals surface area contributed by atoms with E-state index in [4.69, 9.17) is 4.98 Å². The van der Waals surface area contributed by atoms with E-state index in [0.717, 1.165) is 55.3 Å². The Hall–Kier alpha value is -4.36. The fraction of sp³-hybridized carbons (Fsp3) is 0.0714. The molecule has 0 aliphatic carbocycles. The number of imidazole rings is 2. The second-order valence-corrected chi connectivity index (χ2v) is 10.2. The van der Waals surface area contributed by atoms with Crippen molar-refractivity contribution in [2.75, 3.05) is 0 Å². The molecule has 0 amide bonds. The summed E-state index contributed by atoms with van der Waals surface area (Å²) in [4.78, 5) is 17.4. The molecule has 0 saturated heterocycles. The van der Waals surface area contributed by atoms with E-state index in [1.54, 1.807) is 0 Å². The zero-order chi connectivity index (χ0) is 23.3. The highest BCUT2D eigenvalue weighted by Crippen LogP contribution is 2.40. The number of hydrogen-bond acceptors (Lipinski definition) is 5. The molecule has 0 aliphatic rings. The van der Waals surface area contributed by atoms with E-state index in [0.29, 0.717) is 0 Å². The van der Waals surface area contributed by atoms with Gasteiger partial charge in [-0.25, -0.2) is 15.0 Å². The van der Waals surface area contributed by atoms with E-state index in [1.165, 1.54) is 31.3 Å². The number of rotatable bonds is 1. The molecule has 7 heteroatoms. The molecule has 0 bridgehead atoms. The molecule has 35 heavy (non-hydrogen) atoms. The molecule has 0 radical (unpaired) electrons. The minimum Gasteiger partial charge on any atom is -0.342 e. The van der Waals surface area contributed by atoms with Crippen LogP contribution in [0.2, 0.25) is 0 Å². The Morgan fingerprint density at radius 1 is 0.686 bits per heavy atom. The molecule has 4 heterocycles. The van der Waals surface area contributed by atoms with Crippen LogP contribution in [0, 0.1) is 13.8 Å². The van der Waals surface area contributed by atoms with Crippen LogP contribution in [0.3, 0.4) is 0 Å². The summed E-state index contributed by atoms with van der Waals surface area (Å²) >= 11 is 1.82. The first kappa shape index (κ1) is 19.0. The summed E-state index contributed by atoms with van der Waals surface area (Å²) in [5.74, 6) is 1.73. The van der Waals surface area contributed by atoms with Crippen molar-refractivity contribution >= 4 is 75.1 Å². The smallest absolute Gasteiger partial charge is 0.126 e. The summed E-state index contributed by atoms with van der Waals surface area (Å²) in [7, 11) is 0. The van der Waals surface area contributed by atoms with Crippen molar-refractivity contribution in [3.63, 3.8) is 0 Å². The SMILES string of the molecule is Cc1nc2c3ccc(-c4ccc5c(c4)sc4cc6nc(C)[nH]c6cc45)cc3c3c[nH]ncc3c2n1. The second kappa shape index (κ2) is 6.61. The van der Waals surface area contributed by atoms with Gasteiger partial charge in [0.15, 0.2) is 0 Å². The molecule has 8 rings (SSSR count). The van der Waals surface area contributed by atoms with Crippen LogP contribution in [-0.2, 0) is 0 Å². The van der Waals surface area contributed by atoms with Gasteiger partial charge in [0.05, 0.1) is 22.7 Å². The predicted octanol–water partition coefficient (Wildman–Crippen LogP) is 7.19. The minimum absolute atomic E-state index is 0.781. The van der Waals surface area contributed by atoms with Gasteiger partial charge in [-0.2, -0.15) is 5.10 Å². The molecule has 4 aromatic heterocycles. The summed E-state index contributed by atoms with van der Waals surface area (Å²) < 4.78 is 2.54. The normalized spacial score (nSPS) is 12.3. The van der Waals surface area contributed by atoms with Crippen LogP contribution >= 0.6 is 11.3 Å². The van der Waals surface area contributed by atoms with Crippen LogP contribution in [0.25, 0.3) is 74.9 Å². The number of nitrogens with zero attached hydrogens (tertiary/aromatic N) is 4. The molecular formula is C28H18N6S. The number of hydrogen-bond donors (Lipinski definition) is 2. The molecule has 0 atom stereocenters. The van der Waals surface area contributed by atoms with E-state index in [2.05, 4.69) is 73.7 Å². The first-order valence-corrected chi connectivity index (χ1v) is 12.3. The zero-order valence-electron chi connectivity index (χ0n) is 19.0. The van der Waals surface area contributed by atoms with Gasteiger partial charge in [-0.05, 0) is 54.6 Å². The van der Waals surface area contributed by atoms with Crippen molar-refractivity contribution in [3.05, 3.63) is 72.6 Å². The number of aromatic amines is 2. The first-order chi connectivity index (χ1) is 17.1. The van der Waals surface area contributed by atoms with Gasteiger partial charge in [0.25, 0.3) is 0 Å². The lowest BCUT2D eigenvalue weighted by Crippen LogP contribution is -1.87. The Labute approximate surface area is 202 Å². The van der Waals surface area contributed by atoms with Crippen LogP contribution in [-0.4, -0.2) is 30.1 Å². The van der Waals surface area contributed by atoms with Gasteiger partial charge in [0.1, 0.15) is 17.2 Å². The van der Waals surface area contributed by atoms with Gasteiger partial charge in [0.2, 0.25) is 0 Å². The highest BCUT2D eigenvalue weighted by atomic mass is 32.1. The summed E-state index contributed by atoms with van der Waals surface area (Å²) in [6.07, 6.45) is 3.80. The monoisotopic (exact) mass is 470 g/mol. The molecule has 0 fully saturated rings. The zero-order valence-corrected chi connectivity index (χ0v) is 19.8. The summed E-state index contributed by atoms with van der Waals surface area (Å²) in [5, 5.41) is 14.2. The molecule has 0 aliphatic heterocycles. The molecule has 0 saturated carbocycles. The van der Waals surface area contributed by atoms with Crippen LogP contribution < -0.4 is 0 Å². The molecule has 0 unspecified atom stereocenters. The lowest BCUT2D eigenvalue weighted by Gasteiger charge is -2.08. The van der Waals surface area contributed by atoms with E-state index < -0.39 is 0 Å². The van der Waals surface area contributed by atoms with Crippen molar-refractivity contribution in [3.8, 4) is 11.1 Å². The largest absolute Gasteiger partial charge is 0.342 e. The van der Waals surface area contributed by atoms with Crippen LogP contribution in [0.1, 0.15) is 11.6 Å². The number of fused-ring (bicyclic) bond motifs is 10. The average Bonchev–Trinajstić information content (AvgIpc) is 3.54. The molecule has 8 aromatic rings. The van der Waals surface area contributed by atoms with Crippen molar-refractivity contribution in [1.29, 1.82) is 0 Å². The maximum absolute atomic E-state index is 4.73. The van der Waals surface area contributed by atoms with Crippen molar-refractivity contribution in [2.45, 2.75) is 13.8 Å². The Morgan fingerprint density at radius 2 is 1.46 bits per heavy atom. The number of benzene rings is 4. The molecule has 6 nitrogen and oxygen atoms in total. The Bertz CT molecular complexity index is 2150. The maximum atomic E-state index is 4.73. The Morgan fingerprint density at radius 3 is 2.34 bits per heavy atom. The van der Waals surface area contributed by atoms with Gasteiger partial charge in [-0.15, -0.1) is 11.3 Å². The molecular weight excluding hydrogens is 452 g/mol. The number of aryl methyl sites for hydroxylation is 2. The van der Waals surface area contributed by atoms with Gasteiger partial charge in [0, 0.05) is 42.5 Å². The van der Waals surface area contributed by atoms with Gasteiger partial charge in [-0.3, -0.25) is 5.10 Å². The summed E-state index contributed by atoms with van der Waals surface area (Å²) in [6, 6.07) is 17.8. The third kappa shape index (κ3) is 2.64. The third-order valence-electron chi connectivity index (χ3n) is 6.89. The number of nitrogens with one attached hydrogen (secondary N) is 2. The van der Waals surface area contributed by atoms with Crippen molar-refractivity contribution in [2.24, 2.45) is 0 Å². The molecule has 2 N–H and O–H groups in total. The first-order valence-electron chi connectivity index (χ1n) is 11.5. The second-order valence-electron chi connectivity index (χ2n) is 9.09.